The van der Waals surface area contributed by atoms with Crippen molar-refractivity contribution in [1.82, 2.24) is 14.8 Å². The normalized spacial score (nSPS) is 10.3. The molecule has 0 unspecified atom stereocenters. The van der Waals surface area contributed by atoms with Gasteiger partial charge in [0.15, 0.2) is 0 Å². The molecule has 0 aliphatic rings. The predicted molar refractivity (Wildman–Crippen MR) is 72.8 cm³/mol. The van der Waals surface area contributed by atoms with E-state index in [0.717, 1.165) is 11.1 Å². The molecule has 19 heavy (non-hydrogen) atoms. The number of hydrogen-bond donors (Lipinski definition) is 2. The molecule has 7 heteroatoms. The van der Waals surface area contributed by atoms with E-state index in [-0.39, 0.29) is 11.4 Å². The van der Waals surface area contributed by atoms with Gasteiger partial charge in [-0.25, -0.2) is 9.67 Å². The van der Waals surface area contributed by atoms with Crippen molar-refractivity contribution >= 4 is 23.2 Å². The Morgan fingerprint density at radius 1 is 1.37 bits per heavy atom. The molecule has 0 amide bonds. The minimum absolute atomic E-state index is 0.0208. The van der Waals surface area contributed by atoms with Gasteiger partial charge < -0.3 is 10.8 Å². The minimum atomic E-state index is -0.866. The van der Waals surface area contributed by atoms with Crippen LogP contribution in [0.1, 0.15) is 17.0 Å². The highest BCUT2D eigenvalue weighted by Gasteiger charge is 2.08. The molecule has 0 aliphatic carbocycles. The number of hydrogen-bond acceptors (Lipinski definition) is 4. The van der Waals surface area contributed by atoms with E-state index >= 15 is 0 Å². The van der Waals surface area contributed by atoms with Gasteiger partial charge in [0, 0.05) is 0 Å². The van der Waals surface area contributed by atoms with Gasteiger partial charge in [-0.2, -0.15) is 0 Å². The van der Waals surface area contributed by atoms with Crippen molar-refractivity contribution in [2.45, 2.75) is 13.0 Å². The summed E-state index contributed by atoms with van der Waals surface area (Å²) in [5, 5.41) is 13.0. The van der Waals surface area contributed by atoms with E-state index in [2.05, 4.69) is 10.1 Å². The second-order valence-corrected chi connectivity index (χ2v) is 4.41. The fourth-order valence-electron chi connectivity index (χ4n) is 1.71. The largest absolute Gasteiger partial charge is 0.481 e. The maximum absolute atomic E-state index is 10.8. The van der Waals surface area contributed by atoms with E-state index in [9.17, 15) is 4.79 Å². The summed E-state index contributed by atoms with van der Waals surface area (Å²) >= 11 is 4.78. The Hall–Kier alpha value is -2.28. The third-order valence-corrected chi connectivity index (χ3v) is 2.73. The molecule has 0 aliphatic heterocycles. The van der Waals surface area contributed by atoms with Crippen molar-refractivity contribution in [2.24, 2.45) is 5.73 Å². The van der Waals surface area contributed by atoms with Crippen LogP contribution >= 0.6 is 12.2 Å². The average Bonchev–Trinajstić information content (AvgIpc) is 2.80. The Morgan fingerprint density at radius 2 is 2.05 bits per heavy atom. The van der Waals surface area contributed by atoms with E-state index < -0.39 is 5.97 Å². The van der Waals surface area contributed by atoms with Gasteiger partial charge in [0.1, 0.15) is 11.3 Å². The maximum atomic E-state index is 10.8. The van der Waals surface area contributed by atoms with Gasteiger partial charge in [-0.3, -0.25) is 4.79 Å². The fourth-order valence-corrected chi connectivity index (χ4v) is 1.80. The van der Waals surface area contributed by atoms with Crippen molar-refractivity contribution in [3.63, 3.8) is 0 Å². The standard InChI is InChI=1S/C12H12N4O2S/c13-11(19)12-14-7-16(15-12)6-9-4-2-1-3-8(9)5-10(17)18/h1-4,7H,5-6H2,(H2,13,19)(H,17,18). The number of benzene rings is 1. The van der Waals surface area contributed by atoms with Gasteiger partial charge in [-0.15, -0.1) is 5.10 Å². The van der Waals surface area contributed by atoms with Gasteiger partial charge in [0.25, 0.3) is 0 Å². The third kappa shape index (κ3) is 3.35. The summed E-state index contributed by atoms with van der Waals surface area (Å²) < 4.78 is 1.58. The van der Waals surface area contributed by atoms with Gasteiger partial charge >= 0.3 is 5.97 Å². The zero-order chi connectivity index (χ0) is 13.8. The number of rotatable bonds is 5. The van der Waals surface area contributed by atoms with Crippen LogP contribution in [0.4, 0.5) is 0 Å². The van der Waals surface area contributed by atoms with E-state index in [0.29, 0.717) is 12.4 Å². The molecular formula is C12H12N4O2S. The molecule has 0 saturated heterocycles. The second kappa shape index (κ2) is 5.57. The number of carbonyl (C=O) groups is 1. The monoisotopic (exact) mass is 276 g/mol. The zero-order valence-electron chi connectivity index (χ0n) is 9.98. The quantitative estimate of drug-likeness (QED) is 0.776. The highest BCUT2D eigenvalue weighted by molar-refractivity contribution is 7.80. The van der Waals surface area contributed by atoms with Crippen LogP contribution in [0.25, 0.3) is 0 Å². The molecule has 6 nitrogen and oxygen atoms in total. The lowest BCUT2D eigenvalue weighted by Crippen LogP contribution is -2.13. The molecule has 1 heterocycles. The number of nitrogens with zero attached hydrogens (tertiary/aromatic N) is 3. The lowest BCUT2D eigenvalue weighted by Gasteiger charge is -2.07. The highest BCUT2D eigenvalue weighted by Crippen LogP contribution is 2.11. The van der Waals surface area contributed by atoms with Gasteiger partial charge in [-0.05, 0) is 11.1 Å². The molecule has 1 aromatic heterocycles. The molecule has 0 bridgehead atoms. The molecule has 98 valence electrons. The predicted octanol–water partition coefficient (Wildman–Crippen LogP) is 0.588. The number of nitrogens with two attached hydrogens (primary N) is 1. The molecule has 0 atom stereocenters. The molecule has 0 fully saturated rings. The minimum Gasteiger partial charge on any atom is -0.481 e. The van der Waals surface area contributed by atoms with Crippen molar-refractivity contribution in [3.05, 3.63) is 47.5 Å². The number of aliphatic carboxylic acids is 1. The van der Waals surface area contributed by atoms with Gasteiger partial charge in [-0.1, -0.05) is 36.5 Å². The van der Waals surface area contributed by atoms with Crippen LogP contribution < -0.4 is 5.73 Å². The Labute approximate surface area is 114 Å². The third-order valence-electron chi connectivity index (χ3n) is 2.55. The lowest BCUT2D eigenvalue weighted by atomic mass is 10.0. The van der Waals surface area contributed by atoms with Crippen LogP contribution in [0.2, 0.25) is 0 Å². The Kier molecular flexibility index (Phi) is 3.86. The molecular weight excluding hydrogens is 264 g/mol. The first-order chi connectivity index (χ1) is 9.06. The average molecular weight is 276 g/mol. The van der Waals surface area contributed by atoms with Crippen LogP contribution in [-0.4, -0.2) is 30.8 Å². The Bertz CT molecular complexity index is 624. The van der Waals surface area contributed by atoms with E-state index in [1.165, 1.54) is 6.33 Å². The molecule has 0 spiro atoms. The SMILES string of the molecule is NC(=S)c1ncn(Cc2ccccc2CC(=O)O)n1. The molecule has 2 rings (SSSR count). The maximum Gasteiger partial charge on any atom is 0.307 e. The summed E-state index contributed by atoms with van der Waals surface area (Å²) in [4.78, 5) is 14.9. The fraction of sp³-hybridized carbons (Fsp3) is 0.167. The molecule has 3 N–H and O–H groups in total. The first-order valence-corrected chi connectivity index (χ1v) is 5.95. The summed E-state index contributed by atoms with van der Waals surface area (Å²) in [5.74, 6) is -0.555. The molecule has 2 aromatic rings. The lowest BCUT2D eigenvalue weighted by molar-refractivity contribution is -0.136. The van der Waals surface area contributed by atoms with E-state index in [1.807, 2.05) is 18.2 Å². The number of aromatic nitrogens is 3. The van der Waals surface area contributed by atoms with Crippen LogP contribution in [0, 0.1) is 0 Å². The zero-order valence-corrected chi connectivity index (χ0v) is 10.8. The Balaban J connectivity index is 2.22. The summed E-state index contributed by atoms with van der Waals surface area (Å²) in [6, 6.07) is 7.31. The number of carboxylic acids is 1. The highest BCUT2D eigenvalue weighted by atomic mass is 32.1. The Morgan fingerprint density at radius 3 is 2.63 bits per heavy atom. The van der Waals surface area contributed by atoms with Gasteiger partial charge in [0.2, 0.25) is 5.82 Å². The van der Waals surface area contributed by atoms with Crippen molar-refractivity contribution in [2.75, 3.05) is 0 Å². The van der Waals surface area contributed by atoms with E-state index in [4.69, 9.17) is 23.1 Å². The second-order valence-electron chi connectivity index (χ2n) is 3.97. The topological polar surface area (TPSA) is 94.0 Å². The smallest absolute Gasteiger partial charge is 0.307 e. The summed E-state index contributed by atoms with van der Waals surface area (Å²) in [6.07, 6.45) is 1.50. The summed E-state index contributed by atoms with van der Waals surface area (Å²) in [7, 11) is 0. The number of carboxylic acid groups (broad SMARTS) is 1. The molecule has 0 radical (unpaired) electrons. The first-order valence-electron chi connectivity index (χ1n) is 5.54. The first kappa shape index (κ1) is 13.2. The van der Waals surface area contributed by atoms with Gasteiger partial charge in [0.05, 0.1) is 13.0 Å². The molecule has 1 aromatic carbocycles. The number of thiocarbonyl (C=S) groups is 1. The van der Waals surface area contributed by atoms with Crippen molar-refractivity contribution in [1.29, 1.82) is 0 Å². The van der Waals surface area contributed by atoms with Crippen LogP contribution in [0.15, 0.2) is 30.6 Å². The van der Waals surface area contributed by atoms with Crippen molar-refractivity contribution in [3.8, 4) is 0 Å². The van der Waals surface area contributed by atoms with Crippen LogP contribution in [-0.2, 0) is 17.8 Å². The van der Waals surface area contributed by atoms with Crippen LogP contribution in [0.3, 0.4) is 0 Å². The summed E-state index contributed by atoms with van der Waals surface area (Å²) in [5.41, 5.74) is 7.06. The summed E-state index contributed by atoms with van der Waals surface area (Å²) in [6.45, 7) is 0.430. The van der Waals surface area contributed by atoms with E-state index in [1.54, 1.807) is 10.7 Å². The van der Waals surface area contributed by atoms with Crippen LogP contribution in [0.5, 0.6) is 0 Å². The molecule has 0 saturated carbocycles. The van der Waals surface area contributed by atoms with Crippen molar-refractivity contribution < 1.29 is 9.90 Å².